The third-order valence-corrected chi connectivity index (χ3v) is 4.75. The van der Waals surface area contributed by atoms with E-state index >= 15 is 0 Å². The number of hydrogen-bond donors (Lipinski definition) is 2. The quantitative estimate of drug-likeness (QED) is 0.528. The van der Waals surface area contributed by atoms with Gasteiger partial charge in [0.2, 0.25) is 0 Å². The van der Waals surface area contributed by atoms with Gasteiger partial charge in [0.25, 0.3) is 5.91 Å². The van der Waals surface area contributed by atoms with E-state index in [2.05, 4.69) is 21.2 Å². The van der Waals surface area contributed by atoms with Crippen LogP contribution in [0, 0.1) is 3.57 Å². The minimum absolute atomic E-state index is 0.00122. The van der Waals surface area contributed by atoms with E-state index in [0.29, 0.717) is 10.9 Å². The van der Waals surface area contributed by atoms with Crippen molar-refractivity contribution in [1.82, 2.24) is 5.32 Å². The molecular weight excluding hydrogens is 445 g/mol. The summed E-state index contributed by atoms with van der Waals surface area (Å²) in [5, 5.41) is 13.3. The van der Waals surface area contributed by atoms with Crippen LogP contribution in [0.4, 0.5) is 0 Å². The molecule has 0 aliphatic carbocycles. The zero-order valence-electron chi connectivity index (χ0n) is 11.2. The molecule has 1 amide bonds. The summed E-state index contributed by atoms with van der Waals surface area (Å²) in [7, 11) is 0. The van der Waals surface area contributed by atoms with Gasteiger partial charge in [0, 0.05) is 16.9 Å². The summed E-state index contributed by atoms with van der Waals surface area (Å²) in [4.78, 5) is 12.2. The Balaban J connectivity index is 2.04. The van der Waals surface area contributed by atoms with Gasteiger partial charge in [0.15, 0.2) is 0 Å². The predicted octanol–water partition coefficient (Wildman–Crippen LogP) is 3.73. The molecule has 5 heteroatoms. The number of benzene rings is 2. The van der Waals surface area contributed by atoms with Crippen molar-refractivity contribution in [2.75, 3.05) is 5.33 Å². The molecule has 0 saturated heterocycles. The Morgan fingerprint density at radius 3 is 2.57 bits per heavy atom. The van der Waals surface area contributed by atoms with Crippen LogP contribution < -0.4 is 5.32 Å². The third kappa shape index (κ3) is 4.71. The minimum Gasteiger partial charge on any atom is -0.507 e. The summed E-state index contributed by atoms with van der Waals surface area (Å²) >= 11 is 5.46. The number of carbonyl (C=O) groups is 1. The Kier molecular flexibility index (Phi) is 6.05. The van der Waals surface area contributed by atoms with E-state index in [1.54, 1.807) is 12.1 Å². The van der Waals surface area contributed by atoms with Crippen LogP contribution >= 0.6 is 38.5 Å². The van der Waals surface area contributed by atoms with Crippen LogP contribution in [-0.2, 0) is 6.42 Å². The minimum atomic E-state index is -0.179. The number of aromatic hydroxyl groups is 1. The van der Waals surface area contributed by atoms with Gasteiger partial charge >= 0.3 is 0 Å². The second-order valence-corrected chi connectivity index (χ2v) is 6.49. The SMILES string of the molecule is O=C(NC(CBr)Cc1ccccc1)c1ccc(I)c(O)c1. The first-order chi connectivity index (χ1) is 10.1. The molecule has 2 aromatic rings. The fourth-order valence-corrected chi connectivity index (χ4v) is 2.69. The number of alkyl halides is 1. The molecule has 0 heterocycles. The molecule has 21 heavy (non-hydrogen) atoms. The highest BCUT2D eigenvalue weighted by atomic mass is 127. The number of halogens is 2. The number of phenolic OH excluding ortho intramolecular Hbond substituents is 1. The lowest BCUT2D eigenvalue weighted by Gasteiger charge is -2.16. The smallest absolute Gasteiger partial charge is 0.251 e. The zero-order chi connectivity index (χ0) is 15.2. The highest BCUT2D eigenvalue weighted by Gasteiger charge is 2.14. The molecule has 1 unspecified atom stereocenters. The largest absolute Gasteiger partial charge is 0.507 e. The van der Waals surface area contributed by atoms with Gasteiger partial charge in [-0.15, -0.1) is 0 Å². The number of rotatable bonds is 5. The lowest BCUT2D eigenvalue weighted by molar-refractivity contribution is 0.0940. The molecule has 2 N–H and O–H groups in total. The molecule has 0 saturated carbocycles. The first-order valence-corrected chi connectivity index (χ1v) is 8.69. The van der Waals surface area contributed by atoms with Crippen LogP contribution in [0.5, 0.6) is 5.75 Å². The maximum Gasteiger partial charge on any atom is 0.251 e. The average molecular weight is 460 g/mol. The Labute approximate surface area is 146 Å². The Morgan fingerprint density at radius 1 is 1.24 bits per heavy atom. The molecule has 2 aromatic carbocycles. The van der Waals surface area contributed by atoms with Crippen LogP contribution in [0.2, 0.25) is 0 Å². The van der Waals surface area contributed by atoms with E-state index in [1.165, 1.54) is 11.6 Å². The van der Waals surface area contributed by atoms with Gasteiger partial charge in [-0.3, -0.25) is 4.79 Å². The van der Waals surface area contributed by atoms with Crippen molar-refractivity contribution in [3.8, 4) is 5.75 Å². The first-order valence-electron chi connectivity index (χ1n) is 6.49. The highest BCUT2D eigenvalue weighted by molar-refractivity contribution is 14.1. The fourth-order valence-electron chi connectivity index (χ4n) is 1.97. The second-order valence-electron chi connectivity index (χ2n) is 4.68. The summed E-state index contributed by atoms with van der Waals surface area (Å²) in [6.07, 6.45) is 0.758. The number of nitrogens with one attached hydrogen (secondary N) is 1. The van der Waals surface area contributed by atoms with Crippen molar-refractivity contribution in [3.63, 3.8) is 0 Å². The van der Waals surface area contributed by atoms with Crippen molar-refractivity contribution < 1.29 is 9.90 Å². The fraction of sp³-hybridized carbons (Fsp3) is 0.188. The van der Waals surface area contributed by atoms with Gasteiger partial charge in [-0.2, -0.15) is 0 Å². The summed E-state index contributed by atoms with van der Waals surface area (Å²) < 4.78 is 0.727. The normalized spacial score (nSPS) is 11.9. The molecule has 0 spiro atoms. The molecule has 0 aliphatic heterocycles. The molecule has 3 nitrogen and oxygen atoms in total. The maximum absolute atomic E-state index is 12.2. The standard InChI is InChI=1S/C16H15BrINO2/c17-10-13(8-11-4-2-1-3-5-11)19-16(21)12-6-7-14(18)15(20)9-12/h1-7,9,13,20H,8,10H2,(H,19,21). The van der Waals surface area contributed by atoms with Gasteiger partial charge in [0.1, 0.15) is 5.75 Å². The third-order valence-electron chi connectivity index (χ3n) is 3.05. The molecule has 0 fully saturated rings. The van der Waals surface area contributed by atoms with E-state index in [-0.39, 0.29) is 17.7 Å². The molecule has 0 bridgehead atoms. The van der Waals surface area contributed by atoms with E-state index < -0.39 is 0 Å². The van der Waals surface area contributed by atoms with Crippen molar-refractivity contribution in [2.45, 2.75) is 12.5 Å². The molecular formula is C16H15BrINO2. The van der Waals surface area contributed by atoms with Gasteiger partial charge in [-0.1, -0.05) is 46.3 Å². The van der Waals surface area contributed by atoms with Gasteiger partial charge < -0.3 is 10.4 Å². The predicted molar refractivity (Wildman–Crippen MR) is 96.0 cm³/mol. The van der Waals surface area contributed by atoms with E-state index in [9.17, 15) is 9.90 Å². The van der Waals surface area contributed by atoms with Crippen molar-refractivity contribution in [2.24, 2.45) is 0 Å². The van der Waals surface area contributed by atoms with Crippen molar-refractivity contribution >= 4 is 44.4 Å². The monoisotopic (exact) mass is 459 g/mol. The Morgan fingerprint density at radius 2 is 1.95 bits per heavy atom. The molecule has 0 radical (unpaired) electrons. The van der Waals surface area contributed by atoms with E-state index in [1.807, 2.05) is 52.9 Å². The van der Waals surface area contributed by atoms with E-state index in [4.69, 9.17) is 0 Å². The van der Waals surface area contributed by atoms with Crippen molar-refractivity contribution in [1.29, 1.82) is 0 Å². The molecule has 2 rings (SSSR count). The van der Waals surface area contributed by atoms with Crippen LogP contribution in [-0.4, -0.2) is 22.4 Å². The van der Waals surface area contributed by atoms with Crippen LogP contribution in [0.3, 0.4) is 0 Å². The molecule has 0 aromatic heterocycles. The number of amides is 1. The highest BCUT2D eigenvalue weighted by Crippen LogP contribution is 2.20. The van der Waals surface area contributed by atoms with Crippen LogP contribution in [0.15, 0.2) is 48.5 Å². The van der Waals surface area contributed by atoms with Crippen molar-refractivity contribution in [3.05, 3.63) is 63.2 Å². The first kappa shape index (κ1) is 16.3. The topological polar surface area (TPSA) is 49.3 Å². The van der Waals surface area contributed by atoms with E-state index in [0.717, 1.165) is 9.99 Å². The summed E-state index contributed by atoms with van der Waals surface area (Å²) in [6.45, 7) is 0. The number of carbonyl (C=O) groups excluding carboxylic acids is 1. The molecule has 0 aliphatic rings. The molecule has 110 valence electrons. The van der Waals surface area contributed by atoms with Gasteiger partial charge in [-0.25, -0.2) is 0 Å². The summed E-state index contributed by atoms with van der Waals surface area (Å²) in [5.74, 6) is -0.0521. The number of phenols is 1. The summed E-state index contributed by atoms with van der Waals surface area (Å²) in [6, 6.07) is 15.0. The van der Waals surface area contributed by atoms with Crippen LogP contribution in [0.1, 0.15) is 15.9 Å². The second kappa shape index (κ2) is 7.79. The maximum atomic E-state index is 12.2. The average Bonchev–Trinajstić information content (AvgIpc) is 2.50. The summed E-state index contributed by atoms with van der Waals surface area (Å²) in [5.41, 5.74) is 1.64. The lowest BCUT2D eigenvalue weighted by atomic mass is 10.1. The number of hydrogen-bond acceptors (Lipinski definition) is 2. The lowest BCUT2D eigenvalue weighted by Crippen LogP contribution is -2.37. The van der Waals surface area contributed by atoms with Crippen LogP contribution in [0.25, 0.3) is 0 Å². The zero-order valence-corrected chi connectivity index (χ0v) is 15.0. The Hall–Kier alpha value is -1.08. The van der Waals surface area contributed by atoms with Gasteiger partial charge in [-0.05, 0) is 52.8 Å². The Bertz CT molecular complexity index is 619. The molecule has 1 atom stereocenters. The van der Waals surface area contributed by atoms with Gasteiger partial charge in [0.05, 0.1) is 3.57 Å².